The Morgan fingerprint density at radius 2 is 1.53 bits per heavy atom. The molecule has 168 valence electrons. The highest BCUT2D eigenvalue weighted by molar-refractivity contribution is 7.89. The topological polar surface area (TPSA) is 66.5 Å². The smallest absolute Gasteiger partial charge is 0.243 e. The summed E-state index contributed by atoms with van der Waals surface area (Å²) in [6.07, 6.45) is 0.884. The summed E-state index contributed by atoms with van der Waals surface area (Å²) in [5.74, 6) is -0.465. The van der Waals surface area contributed by atoms with Gasteiger partial charge >= 0.3 is 0 Å². The van der Waals surface area contributed by atoms with Crippen LogP contribution in [0.4, 0.5) is 5.69 Å². The number of halogens is 2. The fraction of sp³-hybridized carbons (Fsp3) is 0.208. The molecule has 0 aliphatic heterocycles. The van der Waals surface area contributed by atoms with E-state index in [4.69, 9.17) is 23.2 Å². The minimum absolute atomic E-state index is 0.0892. The summed E-state index contributed by atoms with van der Waals surface area (Å²) >= 11 is 12.6. The van der Waals surface area contributed by atoms with Gasteiger partial charge in [-0.2, -0.15) is 4.31 Å². The summed E-state index contributed by atoms with van der Waals surface area (Å²) in [7, 11) is -3.99. The minimum Gasteiger partial charge on any atom is -0.325 e. The van der Waals surface area contributed by atoms with Crippen LogP contribution >= 0.6 is 23.2 Å². The molecule has 5 nitrogen and oxygen atoms in total. The number of benzene rings is 3. The number of anilines is 1. The zero-order valence-electron chi connectivity index (χ0n) is 17.8. The fourth-order valence-electron chi connectivity index (χ4n) is 3.13. The number of sulfonamides is 1. The molecule has 0 aliphatic rings. The Kier molecular flexibility index (Phi) is 7.96. The summed E-state index contributed by atoms with van der Waals surface area (Å²) < 4.78 is 27.9. The van der Waals surface area contributed by atoms with Gasteiger partial charge in [0.15, 0.2) is 0 Å². The van der Waals surface area contributed by atoms with Crippen molar-refractivity contribution in [1.82, 2.24) is 4.31 Å². The molecular weight excluding hydrogens is 467 g/mol. The van der Waals surface area contributed by atoms with Gasteiger partial charge < -0.3 is 5.32 Å². The molecule has 3 aromatic rings. The second-order valence-corrected chi connectivity index (χ2v) is 10.1. The second kappa shape index (κ2) is 10.5. The third-order valence-electron chi connectivity index (χ3n) is 5.02. The van der Waals surface area contributed by atoms with Crippen molar-refractivity contribution in [2.45, 2.75) is 31.7 Å². The number of amides is 1. The Labute approximate surface area is 199 Å². The lowest BCUT2D eigenvalue weighted by Crippen LogP contribution is -2.37. The van der Waals surface area contributed by atoms with Gasteiger partial charge in [0.1, 0.15) is 0 Å². The van der Waals surface area contributed by atoms with Gasteiger partial charge in [-0.25, -0.2) is 8.42 Å². The first kappa shape index (κ1) is 24.3. The molecule has 0 fully saturated rings. The standard InChI is InChI=1S/C24H24Cl2N2O3S/c1-3-18-9-11-19(12-10-18)27-24(29)16-28(15-21-22(25)5-4-6-23(21)26)32(30,31)20-13-7-17(2)8-14-20/h4-14H,3,15-16H2,1-2H3,(H,27,29). The van der Waals surface area contributed by atoms with Gasteiger partial charge in [0, 0.05) is 27.8 Å². The number of nitrogens with zero attached hydrogens (tertiary/aromatic N) is 1. The lowest BCUT2D eigenvalue weighted by atomic mass is 10.1. The van der Waals surface area contributed by atoms with Crippen LogP contribution in [-0.2, 0) is 27.8 Å². The molecule has 1 amide bonds. The average molecular weight is 491 g/mol. The van der Waals surface area contributed by atoms with Crippen molar-refractivity contribution >= 4 is 44.8 Å². The van der Waals surface area contributed by atoms with Gasteiger partial charge in [-0.3, -0.25) is 4.79 Å². The Morgan fingerprint density at radius 3 is 2.09 bits per heavy atom. The summed E-state index contributed by atoms with van der Waals surface area (Å²) in [6.45, 7) is 3.38. The Balaban J connectivity index is 1.90. The Hall–Kier alpha value is -2.38. The Bertz CT molecular complexity index is 1170. The fourth-order valence-corrected chi connectivity index (χ4v) is 5.01. The van der Waals surface area contributed by atoms with Crippen LogP contribution < -0.4 is 5.32 Å². The van der Waals surface area contributed by atoms with E-state index in [9.17, 15) is 13.2 Å². The maximum atomic E-state index is 13.4. The average Bonchev–Trinajstić information content (AvgIpc) is 2.76. The van der Waals surface area contributed by atoms with E-state index in [1.165, 1.54) is 12.1 Å². The molecule has 0 saturated carbocycles. The summed E-state index contributed by atoms with van der Waals surface area (Å²) in [4.78, 5) is 12.9. The van der Waals surface area contributed by atoms with E-state index < -0.39 is 22.5 Å². The molecule has 0 radical (unpaired) electrons. The van der Waals surface area contributed by atoms with Crippen LogP contribution in [0.2, 0.25) is 10.0 Å². The summed E-state index contributed by atoms with van der Waals surface area (Å²) in [6, 6.07) is 18.8. The molecule has 0 heterocycles. The van der Waals surface area contributed by atoms with Gasteiger partial charge in [0.25, 0.3) is 0 Å². The monoisotopic (exact) mass is 490 g/mol. The van der Waals surface area contributed by atoms with Crippen molar-refractivity contribution in [2.24, 2.45) is 0 Å². The highest BCUT2D eigenvalue weighted by Crippen LogP contribution is 2.28. The van der Waals surface area contributed by atoms with E-state index in [1.54, 1.807) is 42.5 Å². The highest BCUT2D eigenvalue weighted by atomic mass is 35.5. The van der Waals surface area contributed by atoms with Crippen molar-refractivity contribution in [3.05, 3.63) is 93.5 Å². The van der Waals surface area contributed by atoms with Crippen molar-refractivity contribution in [2.75, 3.05) is 11.9 Å². The molecule has 0 aliphatic carbocycles. The van der Waals surface area contributed by atoms with Crippen molar-refractivity contribution in [3.63, 3.8) is 0 Å². The third kappa shape index (κ3) is 5.90. The van der Waals surface area contributed by atoms with Crippen molar-refractivity contribution in [3.8, 4) is 0 Å². The number of rotatable bonds is 8. The molecule has 0 aromatic heterocycles. The van der Waals surface area contributed by atoms with E-state index in [2.05, 4.69) is 5.32 Å². The number of nitrogens with one attached hydrogen (secondary N) is 1. The second-order valence-electron chi connectivity index (χ2n) is 7.39. The molecule has 0 saturated heterocycles. The quantitative estimate of drug-likeness (QED) is 0.440. The van der Waals surface area contributed by atoms with Gasteiger partial charge in [0.2, 0.25) is 15.9 Å². The molecular formula is C24H24Cl2N2O3S. The summed E-state index contributed by atoms with van der Waals surface area (Å²) in [5, 5.41) is 3.42. The largest absolute Gasteiger partial charge is 0.325 e. The van der Waals surface area contributed by atoms with Crippen LogP contribution in [0.15, 0.2) is 71.6 Å². The predicted molar refractivity (Wildman–Crippen MR) is 130 cm³/mol. The number of hydrogen-bond acceptors (Lipinski definition) is 3. The van der Waals surface area contributed by atoms with Gasteiger partial charge in [-0.1, -0.05) is 66.0 Å². The predicted octanol–water partition coefficient (Wildman–Crippen LogP) is 5.69. The molecule has 0 spiro atoms. The van der Waals surface area contributed by atoms with Crippen LogP contribution in [0, 0.1) is 6.92 Å². The van der Waals surface area contributed by atoms with E-state index in [1.807, 2.05) is 26.0 Å². The van der Waals surface area contributed by atoms with E-state index in [0.717, 1.165) is 21.9 Å². The number of carbonyl (C=O) groups excluding carboxylic acids is 1. The van der Waals surface area contributed by atoms with Gasteiger partial charge in [-0.15, -0.1) is 0 Å². The molecule has 8 heteroatoms. The minimum atomic E-state index is -3.99. The molecule has 1 N–H and O–H groups in total. The third-order valence-corrected chi connectivity index (χ3v) is 7.53. The maximum Gasteiger partial charge on any atom is 0.243 e. The number of aryl methyl sites for hydroxylation is 2. The van der Waals surface area contributed by atoms with Crippen molar-refractivity contribution in [1.29, 1.82) is 0 Å². The zero-order valence-corrected chi connectivity index (χ0v) is 20.1. The number of carbonyl (C=O) groups is 1. The van der Waals surface area contributed by atoms with Crippen LogP contribution in [0.5, 0.6) is 0 Å². The van der Waals surface area contributed by atoms with Crippen LogP contribution in [0.25, 0.3) is 0 Å². The van der Waals surface area contributed by atoms with E-state index >= 15 is 0 Å². The maximum absolute atomic E-state index is 13.4. The molecule has 0 atom stereocenters. The van der Waals surface area contributed by atoms with Crippen LogP contribution in [0.1, 0.15) is 23.6 Å². The van der Waals surface area contributed by atoms with Crippen LogP contribution in [0.3, 0.4) is 0 Å². The van der Waals surface area contributed by atoms with E-state index in [-0.39, 0.29) is 11.4 Å². The number of hydrogen-bond donors (Lipinski definition) is 1. The first-order chi connectivity index (χ1) is 15.2. The zero-order chi connectivity index (χ0) is 23.3. The lowest BCUT2D eigenvalue weighted by Gasteiger charge is -2.23. The molecule has 3 rings (SSSR count). The SMILES string of the molecule is CCc1ccc(NC(=O)CN(Cc2c(Cl)cccc2Cl)S(=O)(=O)c2ccc(C)cc2)cc1. The lowest BCUT2D eigenvalue weighted by molar-refractivity contribution is -0.116. The Morgan fingerprint density at radius 1 is 0.938 bits per heavy atom. The van der Waals surface area contributed by atoms with E-state index in [0.29, 0.717) is 21.3 Å². The first-order valence-electron chi connectivity index (χ1n) is 10.1. The van der Waals surface area contributed by atoms with Gasteiger partial charge in [0.05, 0.1) is 11.4 Å². The van der Waals surface area contributed by atoms with Crippen LogP contribution in [-0.4, -0.2) is 25.2 Å². The molecule has 0 unspecified atom stereocenters. The normalized spacial score (nSPS) is 11.5. The molecule has 3 aromatic carbocycles. The van der Waals surface area contributed by atoms with Crippen molar-refractivity contribution < 1.29 is 13.2 Å². The highest BCUT2D eigenvalue weighted by Gasteiger charge is 2.28. The summed E-state index contributed by atoms with van der Waals surface area (Å²) in [5.41, 5.74) is 3.10. The van der Waals surface area contributed by atoms with Gasteiger partial charge in [-0.05, 0) is 55.3 Å². The first-order valence-corrected chi connectivity index (χ1v) is 12.3. The molecule has 32 heavy (non-hydrogen) atoms. The molecule has 0 bridgehead atoms.